The number of benzene rings is 4. The largest absolute Gasteiger partial charge is 0.507 e. The summed E-state index contributed by atoms with van der Waals surface area (Å²) < 4.78 is 12.6. The molecule has 10 heteroatoms. The van der Waals surface area contributed by atoms with Crippen molar-refractivity contribution in [1.29, 1.82) is 0 Å². The van der Waals surface area contributed by atoms with Crippen molar-refractivity contribution in [2.24, 2.45) is 0 Å². The number of aliphatic hydroxyl groups is 1. The molecule has 2 heterocycles. The predicted octanol–water partition coefficient (Wildman–Crippen LogP) is 8.50. The monoisotopic (exact) mass is 665 g/mol. The summed E-state index contributed by atoms with van der Waals surface area (Å²) in [7, 11) is 0. The fraction of sp³-hybridized carbons (Fsp3) is 0.243. The van der Waals surface area contributed by atoms with E-state index < -0.39 is 17.7 Å². The van der Waals surface area contributed by atoms with E-state index in [0.717, 1.165) is 29.4 Å². The third kappa shape index (κ3) is 6.75. The predicted molar refractivity (Wildman–Crippen MR) is 187 cm³/mol. The van der Waals surface area contributed by atoms with Gasteiger partial charge in [0, 0.05) is 11.3 Å². The molecule has 0 radical (unpaired) electrons. The number of hydrogen-bond acceptors (Lipinski definition) is 9. The molecule has 1 amide bonds. The summed E-state index contributed by atoms with van der Waals surface area (Å²) in [4.78, 5) is 28.9. The molecule has 1 fully saturated rings. The lowest BCUT2D eigenvalue weighted by Gasteiger charge is -2.23. The van der Waals surface area contributed by atoms with Crippen LogP contribution in [0.3, 0.4) is 0 Å². The second kappa shape index (κ2) is 14.4. The van der Waals surface area contributed by atoms with Gasteiger partial charge in [0.15, 0.2) is 15.8 Å². The molecule has 1 saturated heterocycles. The number of aryl methyl sites for hydroxylation is 1. The molecule has 1 aliphatic heterocycles. The van der Waals surface area contributed by atoms with Crippen molar-refractivity contribution in [3.8, 4) is 11.5 Å². The first-order valence-corrected chi connectivity index (χ1v) is 17.4. The average molecular weight is 666 g/mol. The number of aromatic nitrogens is 2. The molecule has 1 unspecified atom stereocenters. The number of hydrogen-bond donors (Lipinski definition) is 1. The number of anilines is 1. The molecule has 240 valence electrons. The van der Waals surface area contributed by atoms with Gasteiger partial charge in [0.05, 0.1) is 24.8 Å². The second-order valence-corrected chi connectivity index (χ2v) is 13.3. The summed E-state index contributed by atoms with van der Waals surface area (Å²) in [6.45, 7) is 6.84. The Bertz CT molecular complexity index is 1950. The Morgan fingerprint density at radius 1 is 0.936 bits per heavy atom. The highest BCUT2D eigenvalue weighted by Crippen LogP contribution is 2.46. The van der Waals surface area contributed by atoms with Gasteiger partial charge in [0.25, 0.3) is 5.78 Å². The Balaban J connectivity index is 1.39. The number of carbonyl (C=O) groups is 2. The maximum Gasteiger partial charge on any atom is 0.301 e. The number of ketones is 1. The first kappa shape index (κ1) is 32.3. The van der Waals surface area contributed by atoms with E-state index >= 15 is 0 Å². The number of amides is 1. The van der Waals surface area contributed by atoms with Crippen molar-refractivity contribution in [3.05, 3.63) is 113 Å². The van der Waals surface area contributed by atoms with Crippen LogP contribution in [0.25, 0.3) is 16.5 Å². The first-order chi connectivity index (χ1) is 22.9. The van der Waals surface area contributed by atoms with Gasteiger partial charge < -0.3 is 14.6 Å². The first-order valence-electron chi connectivity index (χ1n) is 15.6. The summed E-state index contributed by atoms with van der Waals surface area (Å²) in [6, 6.07) is 26.0. The smallest absolute Gasteiger partial charge is 0.301 e. The summed E-state index contributed by atoms with van der Waals surface area (Å²) in [5, 5.41) is 22.9. The van der Waals surface area contributed by atoms with Gasteiger partial charge in [-0.25, -0.2) is 0 Å². The summed E-state index contributed by atoms with van der Waals surface area (Å²) in [5.74, 6) is -0.121. The van der Waals surface area contributed by atoms with E-state index in [1.165, 1.54) is 33.4 Å². The number of fused-ring (bicyclic) bond motifs is 1. The average Bonchev–Trinajstić information content (AvgIpc) is 3.66. The van der Waals surface area contributed by atoms with Gasteiger partial charge >= 0.3 is 5.91 Å². The zero-order valence-corrected chi connectivity index (χ0v) is 28.1. The minimum absolute atomic E-state index is 0.0267. The number of thioether (sulfide) groups is 1. The number of Topliss-reactive ketones (excluding diaryl/α,β-unsaturated/α-hetero) is 1. The summed E-state index contributed by atoms with van der Waals surface area (Å²) in [6.07, 6.45) is 1.88. The number of unbranched alkanes of at least 4 members (excludes halogenated alkanes) is 1. The van der Waals surface area contributed by atoms with Crippen LogP contribution < -0.4 is 14.4 Å². The third-order valence-electron chi connectivity index (χ3n) is 7.94. The maximum atomic E-state index is 13.8. The molecule has 1 N–H and O–H groups in total. The van der Waals surface area contributed by atoms with Gasteiger partial charge in [0.2, 0.25) is 5.13 Å². The van der Waals surface area contributed by atoms with Crippen molar-refractivity contribution in [2.75, 3.05) is 18.1 Å². The Morgan fingerprint density at radius 2 is 1.72 bits per heavy atom. The van der Waals surface area contributed by atoms with E-state index in [4.69, 9.17) is 9.47 Å². The number of rotatable bonds is 12. The molecule has 4 aromatic carbocycles. The Labute approximate surface area is 282 Å². The van der Waals surface area contributed by atoms with Crippen molar-refractivity contribution >= 4 is 56.5 Å². The molecule has 6 rings (SSSR count). The Hall–Kier alpha value is -4.67. The van der Waals surface area contributed by atoms with Crippen LogP contribution in [0.1, 0.15) is 55.0 Å². The second-order valence-electron chi connectivity index (χ2n) is 11.2. The van der Waals surface area contributed by atoms with Gasteiger partial charge in [-0.05, 0) is 54.3 Å². The molecule has 5 aromatic rings. The van der Waals surface area contributed by atoms with Gasteiger partial charge in [-0.3, -0.25) is 14.5 Å². The van der Waals surface area contributed by atoms with E-state index in [2.05, 4.69) is 41.4 Å². The van der Waals surface area contributed by atoms with Crippen LogP contribution in [-0.2, 0) is 15.3 Å². The highest BCUT2D eigenvalue weighted by atomic mass is 32.2. The molecule has 47 heavy (non-hydrogen) atoms. The molecule has 1 aliphatic rings. The minimum Gasteiger partial charge on any atom is -0.507 e. The van der Waals surface area contributed by atoms with E-state index in [0.29, 0.717) is 45.9 Å². The number of ether oxygens (including phenoxy) is 2. The Morgan fingerprint density at radius 3 is 2.51 bits per heavy atom. The van der Waals surface area contributed by atoms with Crippen LogP contribution in [0, 0.1) is 6.92 Å². The van der Waals surface area contributed by atoms with Crippen LogP contribution in [0.4, 0.5) is 5.13 Å². The molecular weight excluding hydrogens is 631 g/mol. The zero-order chi connectivity index (χ0) is 32.9. The third-order valence-corrected chi connectivity index (χ3v) is 10.0. The molecule has 1 aromatic heterocycles. The standard InChI is InChI=1S/C37H35N3O5S2/c1-4-6-20-45-29-19-18-26(21-30(29)44-5-2)32-31(33(41)25-16-14-23(3)15-17-25)34(42)35(43)40(32)36-38-39-37(47-36)46-22-27-12-9-11-24-10-7-8-13-28(24)27/h7-19,21,32,41H,4-6,20,22H2,1-3H3. The summed E-state index contributed by atoms with van der Waals surface area (Å²) >= 11 is 2.75. The quantitative estimate of drug-likeness (QED) is 0.0354. The maximum absolute atomic E-state index is 13.8. The van der Waals surface area contributed by atoms with Crippen molar-refractivity contribution < 1.29 is 24.2 Å². The van der Waals surface area contributed by atoms with Gasteiger partial charge in [-0.15, -0.1) is 10.2 Å². The molecule has 8 nitrogen and oxygen atoms in total. The Kier molecular flexibility index (Phi) is 9.89. The molecule has 0 aliphatic carbocycles. The number of carbonyl (C=O) groups excluding carboxylic acids is 2. The van der Waals surface area contributed by atoms with E-state index in [-0.39, 0.29) is 16.5 Å². The topological polar surface area (TPSA) is 102 Å². The highest BCUT2D eigenvalue weighted by Gasteiger charge is 2.48. The zero-order valence-electron chi connectivity index (χ0n) is 26.4. The normalized spacial score (nSPS) is 15.8. The molecule has 0 spiro atoms. The van der Waals surface area contributed by atoms with E-state index in [1.54, 1.807) is 30.3 Å². The molecule has 0 bridgehead atoms. The SMILES string of the molecule is CCCCOc1ccc(C2C(=C(O)c3ccc(C)cc3)C(=O)C(=O)N2c2nnc(SCc3cccc4ccccc34)s2)cc1OCC. The van der Waals surface area contributed by atoms with Crippen LogP contribution in [0.2, 0.25) is 0 Å². The highest BCUT2D eigenvalue weighted by molar-refractivity contribution is 8.00. The van der Waals surface area contributed by atoms with E-state index in [9.17, 15) is 14.7 Å². The van der Waals surface area contributed by atoms with Crippen molar-refractivity contribution in [3.63, 3.8) is 0 Å². The lowest BCUT2D eigenvalue weighted by molar-refractivity contribution is -0.132. The lowest BCUT2D eigenvalue weighted by Crippen LogP contribution is -2.29. The number of aliphatic hydroxyl groups excluding tert-OH is 1. The van der Waals surface area contributed by atoms with Crippen LogP contribution in [0.15, 0.2) is 94.8 Å². The van der Waals surface area contributed by atoms with Crippen LogP contribution in [-0.4, -0.2) is 40.2 Å². The molecule has 1 atom stereocenters. The van der Waals surface area contributed by atoms with Gasteiger partial charge in [-0.2, -0.15) is 0 Å². The van der Waals surface area contributed by atoms with Crippen molar-refractivity contribution in [1.82, 2.24) is 10.2 Å². The van der Waals surface area contributed by atoms with E-state index in [1.807, 2.05) is 44.2 Å². The summed E-state index contributed by atoms with van der Waals surface area (Å²) in [5.41, 5.74) is 3.14. The fourth-order valence-corrected chi connectivity index (χ4v) is 7.41. The van der Waals surface area contributed by atoms with Crippen molar-refractivity contribution in [2.45, 2.75) is 49.7 Å². The van der Waals surface area contributed by atoms with Gasteiger partial charge in [0.1, 0.15) is 5.76 Å². The van der Waals surface area contributed by atoms with Crippen LogP contribution >= 0.6 is 23.1 Å². The lowest BCUT2D eigenvalue weighted by atomic mass is 9.95. The van der Waals surface area contributed by atoms with Gasteiger partial charge in [-0.1, -0.05) is 115 Å². The fourth-order valence-electron chi connectivity index (χ4n) is 5.54. The number of nitrogens with zero attached hydrogens (tertiary/aromatic N) is 3. The minimum atomic E-state index is -0.968. The van der Waals surface area contributed by atoms with Crippen LogP contribution in [0.5, 0.6) is 11.5 Å². The molecule has 0 saturated carbocycles. The molecular formula is C37H35N3O5S2.